The predicted molar refractivity (Wildman–Crippen MR) is 64.3 cm³/mol. The van der Waals surface area contributed by atoms with Gasteiger partial charge in [0.15, 0.2) is 0 Å². The molecule has 1 aliphatic heterocycles. The van der Waals surface area contributed by atoms with Crippen molar-refractivity contribution in [3.63, 3.8) is 0 Å². The second kappa shape index (κ2) is 4.94. The molecule has 98 valence electrons. The second-order valence-electron chi connectivity index (χ2n) is 5.70. The van der Waals surface area contributed by atoms with Crippen molar-refractivity contribution < 1.29 is 14.3 Å². The minimum atomic E-state index is -0.512. The summed E-state index contributed by atoms with van der Waals surface area (Å²) < 4.78 is 5.28. The van der Waals surface area contributed by atoms with E-state index >= 15 is 0 Å². The summed E-state index contributed by atoms with van der Waals surface area (Å²) in [6, 6.07) is 0. The monoisotopic (exact) mass is 242 g/mol. The van der Waals surface area contributed by atoms with Crippen molar-refractivity contribution in [2.24, 2.45) is 17.6 Å². The highest BCUT2D eigenvalue weighted by Gasteiger charge is 2.34. The van der Waals surface area contributed by atoms with Gasteiger partial charge in [0.05, 0.1) is 5.92 Å². The summed E-state index contributed by atoms with van der Waals surface area (Å²) >= 11 is 0. The molecular weight excluding hydrogens is 220 g/mol. The van der Waals surface area contributed by atoms with Crippen LogP contribution in [0.25, 0.3) is 0 Å². The number of ether oxygens (including phenoxy) is 1. The van der Waals surface area contributed by atoms with Gasteiger partial charge in [0, 0.05) is 13.1 Å². The first kappa shape index (κ1) is 13.8. The predicted octanol–water partition coefficient (Wildman–Crippen LogP) is 1.36. The maximum absolute atomic E-state index is 11.8. The van der Waals surface area contributed by atoms with Gasteiger partial charge in [-0.05, 0) is 33.1 Å². The maximum atomic E-state index is 11.8. The van der Waals surface area contributed by atoms with Crippen LogP contribution in [0.5, 0.6) is 0 Å². The molecule has 1 fully saturated rings. The van der Waals surface area contributed by atoms with Crippen LogP contribution in [0.4, 0.5) is 4.79 Å². The topological polar surface area (TPSA) is 72.6 Å². The molecule has 0 saturated carbocycles. The summed E-state index contributed by atoms with van der Waals surface area (Å²) in [5.74, 6) is -0.381. The maximum Gasteiger partial charge on any atom is 0.410 e. The minimum absolute atomic E-state index is 0.228. The smallest absolute Gasteiger partial charge is 0.410 e. The fourth-order valence-corrected chi connectivity index (χ4v) is 1.93. The number of primary amides is 1. The van der Waals surface area contributed by atoms with Gasteiger partial charge in [-0.1, -0.05) is 6.92 Å². The number of amides is 2. The summed E-state index contributed by atoms with van der Waals surface area (Å²) in [5.41, 5.74) is 4.82. The van der Waals surface area contributed by atoms with Gasteiger partial charge in [-0.25, -0.2) is 4.79 Å². The first-order chi connectivity index (χ1) is 7.70. The molecule has 2 atom stereocenters. The third-order valence-corrected chi connectivity index (χ3v) is 2.98. The molecule has 0 radical (unpaired) electrons. The molecule has 0 aromatic heterocycles. The Morgan fingerprint density at radius 3 is 2.41 bits per heavy atom. The molecule has 1 heterocycles. The quantitative estimate of drug-likeness (QED) is 0.754. The van der Waals surface area contributed by atoms with Crippen molar-refractivity contribution in [1.29, 1.82) is 0 Å². The van der Waals surface area contributed by atoms with Gasteiger partial charge >= 0.3 is 6.09 Å². The Bertz CT molecular complexity index is 309. The molecule has 17 heavy (non-hydrogen) atoms. The molecule has 2 N–H and O–H groups in total. The van der Waals surface area contributed by atoms with E-state index in [4.69, 9.17) is 10.5 Å². The number of rotatable bonds is 1. The van der Waals surface area contributed by atoms with Crippen molar-refractivity contribution in [2.75, 3.05) is 13.1 Å². The lowest BCUT2D eigenvalue weighted by Gasteiger charge is -2.36. The molecule has 1 rings (SSSR count). The van der Waals surface area contributed by atoms with Gasteiger partial charge in [-0.2, -0.15) is 0 Å². The zero-order chi connectivity index (χ0) is 13.2. The first-order valence-electron chi connectivity index (χ1n) is 5.98. The fourth-order valence-electron chi connectivity index (χ4n) is 1.93. The van der Waals surface area contributed by atoms with Gasteiger partial charge in [0.25, 0.3) is 0 Å². The summed E-state index contributed by atoms with van der Waals surface area (Å²) in [5, 5.41) is 0. The van der Waals surface area contributed by atoms with Gasteiger partial charge in [0.2, 0.25) is 5.91 Å². The molecule has 0 aromatic carbocycles. The number of piperidine rings is 1. The number of hydrogen-bond donors (Lipinski definition) is 1. The third-order valence-electron chi connectivity index (χ3n) is 2.98. The van der Waals surface area contributed by atoms with Crippen LogP contribution < -0.4 is 5.73 Å². The zero-order valence-electron chi connectivity index (χ0n) is 11.0. The van der Waals surface area contributed by atoms with E-state index in [0.29, 0.717) is 13.1 Å². The molecule has 5 nitrogen and oxygen atoms in total. The van der Waals surface area contributed by atoms with Crippen LogP contribution in [0.1, 0.15) is 34.1 Å². The molecule has 0 spiro atoms. The minimum Gasteiger partial charge on any atom is -0.444 e. The highest BCUT2D eigenvalue weighted by atomic mass is 16.6. The summed E-state index contributed by atoms with van der Waals surface area (Å²) in [6.07, 6.45) is 0.419. The lowest BCUT2D eigenvalue weighted by Crippen LogP contribution is -2.48. The van der Waals surface area contributed by atoms with Crippen molar-refractivity contribution in [2.45, 2.75) is 39.7 Å². The molecule has 0 aliphatic carbocycles. The largest absolute Gasteiger partial charge is 0.444 e. The van der Waals surface area contributed by atoms with Gasteiger partial charge in [-0.15, -0.1) is 0 Å². The molecule has 5 heteroatoms. The van der Waals surface area contributed by atoms with Crippen LogP contribution in [-0.4, -0.2) is 35.6 Å². The van der Waals surface area contributed by atoms with E-state index in [0.717, 1.165) is 6.42 Å². The van der Waals surface area contributed by atoms with Crippen molar-refractivity contribution in [3.8, 4) is 0 Å². The number of nitrogens with zero attached hydrogens (tertiary/aromatic N) is 1. The molecule has 0 aromatic rings. The zero-order valence-corrected chi connectivity index (χ0v) is 11.0. The van der Waals surface area contributed by atoms with E-state index in [-0.39, 0.29) is 23.8 Å². The molecular formula is C12H22N2O3. The van der Waals surface area contributed by atoms with E-state index in [1.54, 1.807) is 4.90 Å². The molecule has 1 saturated heterocycles. The van der Waals surface area contributed by atoms with Crippen LogP contribution in [0, 0.1) is 11.8 Å². The Morgan fingerprint density at radius 1 is 1.35 bits per heavy atom. The number of hydrogen-bond acceptors (Lipinski definition) is 3. The molecule has 2 unspecified atom stereocenters. The number of carbonyl (C=O) groups excluding carboxylic acids is 2. The lowest BCUT2D eigenvalue weighted by atomic mass is 9.87. The average Bonchev–Trinajstić information content (AvgIpc) is 2.14. The fraction of sp³-hybridized carbons (Fsp3) is 0.833. The first-order valence-corrected chi connectivity index (χ1v) is 5.98. The lowest BCUT2D eigenvalue weighted by molar-refractivity contribution is -0.125. The number of nitrogens with two attached hydrogens (primary N) is 1. The highest BCUT2D eigenvalue weighted by molar-refractivity contribution is 5.78. The van der Waals surface area contributed by atoms with E-state index in [1.165, 1.54) is 0 Å². The van der Waals surface area contributed by atoms with Crippen LogP contribution in [0.15, 0.2) is 0 Å². The number of carbonyl (C=O) groups is 2. The molecule has 2 amide bonds. The average molecular weight is 242 g/mol. The second-order valence-corrected chi connectivity index (χ2v) is 5.70. The van der Waals surface area contributed by atoms with E-state index < -0.39 is 5.60 Å². The Kier molecular flexibility index (Phi) is 4.01. The van der Waals surface area contributed by atoms with E-state index in [9.17, 15) is 9.59 Å². The Hall–Kier alpha value is -1.26. The SMILES string of the molecule is CC1CCN(C(=O)OC(C)(C)C)CC1C(N)=O. The van der Waals surface area contributed by atoms with Gasteiger partial charge in [0.1, 0.15) is 5.60 Å². The Balaban J connectivity index is 2.62. The summed E-state index contributed by atoms with van der Waals surface area (Å²) in [7, 11) is 0. The normalized spacial score (nSPS) is 25.5. The molecule has 0 bridgehead atoms. The van der Waals surface area contributed by atoms with Crippen molar-refractivity contribution in [1.82, 2.24) is 4.90 Å². The van der Waals surface area contributed by atoms with Gasteiger partial charge < -0.3 is 15.4 Å². The number of likely N-dealkylation sites (tertiary alicyclic amines) is 1. The van der Waals surface area contributed by atoms with Crippen LogP contribution >= 0.6 is 0 Å². The summed E-state index contributed by atoms with van der Waals surface area (Å²) in [4.78, 5) is 24.7. The van der Waals surface area contributed by atoms with Crippen molar-refractivity contribution in [3.05, 3.63) is 0 Å². The Morgan fingerprint density at radius 2 is 1.94 bits per heavy atom. The standard InChI is InChI=1S/C12H22N2O3/c1-8-5-6-14(7-9(8)10(13)15)11(16)17-12(2,3)4/h8-9H,5-7H2,1-4H3,(H2,13,15). The van der Waals surface area contributed by atoms with Crippen molar-refractivity contribution >= 4 is 12.0 Å². The van der Waals surface area contributed by atoms with E-state index in [2.05, 4.69) is 0 Å². The van der Waals surface area contributed by atoms with E-state index in [1.807, 2.05) is 27.7 Å². The third kappa shape index (κ3) is 3.91. The van der Waals surface area contributed by atoms with Gasteiger partial charge in [-0.3, -0.25) is 4.79 Å². The molecule has 1 aliphatic rings. The Labute approximate surface area is 102 Å². The van der Waals surface area contributed by atoms with Crippen LogP contribution in [0.3, 0.4) is 0 Å². The summed E-state index contributed by atoms with van der Waals surface area (Å²) in [6.45, 7) is 8.45. The highest BCUT2D eigenvalue weighted by Crippen LogP contribution is 2.24. The van der Waals surface area contributed by atoms with Crippen LogP contribution in [-0.2, 0) is 9.53 Å². The van der Waals surface area contributed by atoms with Crippen LogP contribution in [0.2, 0.25) is 0 Å².